The van der Waals surface area contributed by atoms with Gasteiger partial charge in [-0.3, -0.25) is 10.2 Å². The van der Waals surface area contributed by atoms with Crippen molar-refractivity contribution in [3.05, 3.63) is 46.8 Å². The van der Waals surface area contributed by atoms with Gasteiger partial charge in [0.2, 0.25) is 5.17 Å². The zero-order valence-electron chi connectivity index (χ0n) is 18.0. The molecular formula is C22H23N5O3S. The number of carbonyl (C=O) groups excluding carboxylic acids is 1. The molecule has 1 aromatic carbocycles. The Morgan fingerprint density at radius 2 is 1.97 bits per heavy atom. The third-order valence-electron chi connectivity index (χ3n) is 5.20. The molecule has 1 N–H and O–H groups in total. The van der Waals surface area contributed by atoms with Gasteiger partial charge in [-0.1, -0.05) is 6.92 Å². The van der Waals surface area contributed by atoms with Crippen LogP contribution in [-0.2, 0) is 4.79 Å². The number of rotatable bonds is 5. The van der Waals surface area contributed by atoms with E-state index in [1.807, 2.05) is 45.0 Å². The van der Waals surface area contributed by atoms with Crippen LogP contribution in [0, 0.1) is 19.3 Å². The maximum atomic E-state index is 12.7. The molecule has 8 nitrogen and oxygen atoms in total. The Morgan fingerprint density at radius 1 is 1.19 bits per heavy atom. The monoisotopic (exact) mass is 437 g/mol. The molecular weight excluding hydrogens is 414 g/mol. The van der Waals surface area contributed by atoms with Gasteiger partial charge >= 0.3 is 0 Å². The van der Waals surface area contributed by atoms with Gasteiger partial charge in [0.1, 0.15) is 16.5 Å². The molecule has 0 saturated carbocycles. The number of aryl methyl sites for hydroxylation is 1. The predicted molar refractivity (Wildman–Crippen MR) is 124 cm³/mol. The Bertz CT molecular complexity index is 1190. The summed E-state index contributed by atoms with van der Waals surface area (Å²) in [6.45, 7) is 5.93. The van der Waals surface area contributed by atoms with Crippen molar-refractivity contribution in [2.75, 3.05) is 14.2 Å². The van der Waals surface area contributed by atoms with Crippen molar-refractivity contribution in [1.29, 1.82) is 5.41 Å². The van der Waals surface area contributed by atoms with E-state index >= 15 is 0 Å². The zero-order chi connectivity index (χ0) is 22.3. The number of thioether (sulfide) groups is 1. The normalized spacial score (nSPS) is 17.1. The Labute approximate surface area is 184 Å². The van der Waals surface area contributed by atoms with E-state index in [1.165, 1.54) is 16.8 Å². The molecule has 0 aliphatic carbocycles. The first-order chi connectivity index (χ1) is 14.9. The minimum Gasteiger partial charge on any atom is -0.497 e. The first-order valence-electron chi connectivity index (χ1n) is 9.78. The van der Waals surface area contributed by atoms with E-state index < -0.39 is 5.91 Å². The average Bonchev–Trinajstić information content (AvgIpc) is 3.30. The van der Waals surface area contributed by atoms with Crippen LogP contribution in [0.2, 0.25) is 0 Å². The van der Waals surface area contributed by atoms with E-state index in [4.69, 9.17) is 14.9 Å². The number of hydrogen-bond acceptors (Lipinski definition) is 6. The maximum Gasteiger partial charge on any atom is 0.283 e. The number of aromatic nitrogens is 1. The van der Waals surface area contributed by atoms with E-state index in [2.05, 4.69) is 14.7 Å². The molecule has 0 unspecified atom stereocenters. The lowest BCUT2D eigenvalue weighted by Gasteiger charge is -2.20. The van der Waals surface area contributed by atoms with Crippen molar-refractivity contribution in [2.24, 2.45) is 10.1 Å². The second-order valence-electron chi connectivity index (χ2n) is 7.07. The summed E-state index contributed by atoms with van der Waals surface area (Å²) in [5.41, 5.74) is 3.79. The van der Waals surface area contributed by atoms with Crippen LogP contribution < -0.4 is 9.47 Å². The first-order valence-corrected chi connectivity index (χ1v) is 10.6. The summed E-state index contributed by atoms with van der Waals surface area (Å²) < 4.78 is 12.9. The van der Waals surface area contributed by atoms with Gasteiger partial charge in [0, 0.05) is 17.5 Å². The molecule has 0 saturated heterocycles. The number of aliphatic imine (C=N–C) groups is 1. The molecule has 2 aliphatic heterocycles. The van der Waals surface area contributed by atoms with Crippen molar-refractivity contribution >= 4 is 39.8 Å². The summed E-state index contributed by atoms with van der Waals surface area (Å²) in [6.07, 6.45) is 2.44. The Kier molecular flexibility index (Phi) is 5.45. The lowest BCUT2D eigenvalue weighted by Crippen LogP contribution is -2.35. The lowest BCUT2D eigenvalue weighted by atomic mass is 10.1. The fourth-order valence-corrected chi connectivity index (χ4v) is 4.43. The smallest absolute Gasteiger partial charge is 0.283 e. The van der Waals surface area contributed by atoms with Crippen LogP contribution in [0.3, 0.4) is 0 Å². The molecule has 1 amide bonds. The topological polar surface area (TPSA) is 92.3 Å². The Morgan fingerprint density at radius 3 is 2.65 bits per heavy atom. The second kappa shape index (κ2) is 8.07. The van der Waals surface area contributed by atoms with Crippen LogP contribution in [0.25, 0.3) is 11.8 Å². The molecule has 2 aliphatic rings. The Hall–Kier alpha value is -3.33. The van der Waals surface area contributed by atoms with E-state index in [0.717, 1.165) is 34.1 Å². The number of fused-ring (bicyclic) bond motifs is 1. The van der Waals surface area contributed by atoms with Gasteiger partial charge in [0.15, 0.2) is 5.84 Å². The molecule has 3 heterocycles. The second-order valence-corrected chi connectivity index (χ2v) is 8.11. The summed E-state index contributed by atoms with van der Waals surface area (Å²) in [5, 5.41) is 15.6. The number of nitrogens with one attached hydrogen (secondary N) is 1. The number of amides is 1. The molecule has 4 rings (SSSR count). The summed E-state index contributed by atoms with van der Waals surface area (Å²) in [5.74, 6) is 0.989. The van der Waals surface area contributed by atoms with E-state index in [9.17, 15) is 4.79 Å². The number of benzene rings is 1. The predicted octanol–water partition coefficient (Wildman–Crippen LogP) is 4.14. The third-order valence-corrected chi connectivity index (χ3v) is 6.25. The van der Waals surface area contributed by atoms with Crippen LogP contribution in [0.1, 0.15) is 30.3 Å². The van der Waals surface area contributed by atoms with Crippen molar-refractivity contribution in [1.82, 2.24) is 9.58 Å². The van der Waals surface area contributed by atoms with Crippen molar-refractivity contribution in [3.8, 4) is 17.2 Å². The van der Waals surface area contributed by atoms with Gasteiger partial charge in [-0.05, 0) is 61.9 Å². The van der Waals surface area contributed by atoms with Crippen LogP contribution >= 0.6 is 11.8 Å². The lowest BCUT2D eigenvalue weighted by molar-refractivity contribution is -0.114. The highest BCUT2D eigenvalue weighted by Gasteiger charge is 2.35. The number of methoxy groups -OCH3 is 2. The summed E-state index contributed by atoms with van der Waals surface area (Å²) in [7, 11) is 3.23. The van der Waals surface area contributed by atoms with E-state index in [0.29, 0.717) is 16.7 Å². The fraction of sp³-hybridized carbons (Fsp3) is 0.273. The molecule has 0 fully saturated rings. The van der Waals surface area contributed by atoms with Crippen LogP contribution in [-0.4, -0.2) is 45.7 Å². The minimum absolute atomic E-state index is 0.0396. The highest BCUT2D eigenvalue weighted by atomic mass is 32.2. The van der Waals surface area contributed by atoms with Gasteiger partial charge in [0.05, 0.1) is 25.5 Å². The van der Waals surface area contributed by atoms with Crippen molar-refractivity contribution in [3.63, 3.8) is 0 Å². The summed E-state index contributed by atoms with van der Waals surface area (Å²) >= 11 is 1.33. The van der Waals surface area contributed by atoms with Crippen LogP contribution in [0.5, 0.6) is 11.5 Å². The summed E-state index contributed by atoms with van der Waals surface area (Å²) in [6, 6.07) is 7.61. The maximum absolute atomic E-state index is 12.7. The van der Waals surface area contributed by atoms with Gasteiger partial charge < -0.3 is 14.0 Å². The number of amidine groups is 2. The molecule has 160 valence electrons. The zero-order valence-corrected chi connectivity index (χ0v) is 18.8. The molecule has 0 spiro atoms. The average molecular weight is 438 g/mol. The Balaban J connectivity index is 1.77. The van der Waals surface area contributed by atoms with Crippen molar-refractivity contribution in [2.45, 2.75) is 27.2 Å². The highest BCUT2D eigenvalue weighted by Crippen LogP contribution is 2.33. The SMILES string of the molecule is CCC1=NN2C(=N)/C(=C/c3cc(C)n(-c4ccc(OC)cc4OC)c3C)C(=O)N=C2S1. The quantitative estimate of drug-likeness (QED) is 0.710. The standard InChI is InChI=1S/C22H23N5O3S/c1-6-19-25-27-20(23)16(21(28)24-22(27)31-19)10-14-9-12(2)26(13(14)3)17-8-7-15(29-4)11-18(17)30-5/h7-11,23H,6H2,1-5H3/b16-10-,23-20?. The van der Waals surface area contributed by atoms with Gasteiger partial charge in [-0.2, -0.15) is 15.1 Å². The number of ether oxygens (including phenoxy) is 2. The molecule has 0 bridgehead atoms. The highest BCUT2D eigenvalue weighted by molar-refractivity contribution is 8.26. The number of hydrogen-bond donors (Lipinski definition) is 1. The van der Waals surface area contributed by atoms with Crippen molar-refractivity contribution < 1.29 is 14.3 Å². The summed E-state index contributed by atoms with van der Waals surface area (Å²) in [4.78, 5) is 16.8. The molecule has 9 heteroatoms. The van der Waals surface area contributed by atoms with Gasteiger partial charge in [-0.25, -0.2) is 0 Å². The molecule has 2 aromatic rings. The van der Waals surface area contributed by atoms with Crippen LogP contribution in [0.4, 0.5) is 0 Å². The van der Waals surface area contributed by atoms with E-state index in [-0.39, 0.29) is 11.4 Å². The molecule has 1 aromatic heterocycles. The number of hydrazone groups is 1. The molecule has 0 atom stereocenters. The van der Waals surface area contributed by atoms with Gasteiger partial charge in [0.25, 0.3) is 5.91 Å². The fourth-order valence-electron chi connectivity index (χ4n) is 3.60. The largest absolute Gasteiger partial charge is 0.497 e. The number of nitrogens with zero attached hydrogens (tertiary/aromatic N) is 4. The minimum atomic E-state index is -0.428. The molecule has 0 radical (unpaired) electrons. The first kappa shape index (κ1) is 20.9. The van der Waals surface area contributed by atoms with Crippen LogP contribution in [0.15, 0.2) is 39.9 Å². The third kappa shape index (κ3) is 3.54. The van der Waals surface area contributed by atoms with E-state index in [1.54, 1.807) is 20.3 Å². The van der Waals surface area contributed by atoms with Gasteiger partial charge in [-0.15, -0.1) is 0 Å². The number of carbonyl (C=O) groups is 1. The molecule has 31 heavy (non-hydrogen) atoms.